The van der Waals surface area contributed by atoms with Gasteiger partial charge in [-0.3, -0.25) is 0 Å². The molecule has 0 aliphatic carbocycles. The Hall–Kier alpha value is -1.31. The zero-order valence-electron chi connectivity index (χ0n) is 11.1. The Labute approximate surface area is 113 Å². The summed E-state index contributed by atoms with van der Waals surface area (Å²) < 4.78 is 29.9. The largest absolute Gasteiger partial charge is 0.504 e. The van der Waals surface area contributed by atoms with Gasteiger partial charge in [0.25, 0.3) is 0 Å². The van der Waals surface area contributed by atoms with E-state index in [1.54, 1.807) is 18.2 Å². The second kappa shape index (κ2) is 7.32. The Morgan fingerprint density at radius 1 is 1.37 bits per heavy atom. The lowest BCUT2D eigenvalue weighted by Crippen LogP contribution is -2.29. The molecule has 0 aromatic heterocycles. The third kappa shape index (κ3) is 5.46. The molecular weight excluding hydrogens is 268 g/mol. The molecule has 0 bridgehead atoms. The first-order chi connectivity index (χ1) is 8.98. The summed E-state index contributed by atoms with van der Waals surface area (Å²) in [6.45, 7) is 3.19. The lowest BCUT2D eigenvalue weighted by atomic mass is 10.2. The Balaban J connectivity index is 2.48. The predicted molar refractivity (Wildman–Crippen MR) is 73.8 cm³/mol. The number of sulfonamides is 1. The van der Waals surface area contributed by atoms with Crippen LogP contribution in [0.3, 0.4) is 0 Å². The maximum Gasteiger partial charge on any atom is 0.212 e. The molecule has 7 heteroatoms. The number of ether oxygens (including phenoxy) is 1. The molecule has 108 valence electrons. The van der Waals surface area contributed by atoms with Crippen LogP contribution in [0.5, 0.6) is 11.5 Å². The van der Waals surface area contributed by atoms with E-state index < -0.39 is 10.0 Å². The van der Waals surface area contributed by atoms with Crippen LogP contribution in [0.25, 0.3) is 0 Å². The van der Waals surface area contributed by atoms with E-state index in [0.717, 1.165) is 5.56 Å². The van der Waals surface area contributed by atoms with Crippen LogP contribution < -0.4 is 14.8 Å². The van der Waals surface area contributed by atoms with E-state index in [0.29, 0.717) is 25.4 Å². The third-order valence-electron chi connectivity index (χ3n) is 2.51. The second-order valence-electron chi connectivity index (χ2n) is 3.93. The van der Waals surface area contributed by atoms with Gasteiger partial charge in [0.2, 0.25) is 10.0 Å². The second-order valence-corrected chi connectivity index (χ2v) is 5.98. The molecular formula is C12H20N2O4S. The molecule has 19 heavy (non-hydrogen) atoms. The molecule has 1 aromatic carbocycles. The van der Waals surface area contributed by atoms with Crippen molar-refractivity contribution in [1.29, 1.82) is 0 Å². The SMILES string of the molecule is CCOc1cc(CNCCS(=O)(=O)NC)ccc1O. The fourth-order valence-corrected chi connectivity index (χ4v) is 2.10. The lowest BCUT2D eigenvalue weighted by molar-refractivity contribution is 0.317. The normalized spacial score (nSPS) is 11.5. The van der Waals surface area contributed by atoms with Gasteiger partial charge in [-0.25, -0.2) is 13.1 Å². The zero-order valence-corrected chi connectivity index (χ0v) is 12.0. The molecule has 0 spiro atoms. The van der Waals surface area contributed by atoms with Crippen molar-refractivity contribution in [2.45, 2.75) is 13.5 Å². The highest BCUT2D eigenvalue weighted by Crippen LogP contribution is 2.26. The Kier molecular flexibility index (Phi) is 6.07. The predicted octanol–water partition coefficient (Wildman–Crippen LogP) is 0.430. The van der Waals surface area contributed by atoms with E-state index in [2.05, 4.69) is 10.0 Å². The molecule has 1 aromatic rings. The first kappa shape index (κ1) is 15.7. The molecule has 0 amide bonds. The van der Waals surface area contributed by atoms with Crippen LogP contribution >= 0.6 is 0 Å². The van der Waals surface area contributed by atoms with E-state index in [4.69, 9.17) is 4.74 Å². The Morgan fingerprint density at radius 2 is 2.11 bits per heavy atom. The number of phenolic OH excluding ortho intramolecular Hbond substituents is 1. The molecule has 0 radical (unpaired) electrons. The first-order valence-electron chi connectivity index (χ1n) is 6.05. The molecule has 0 unspecified atom stereocenters. The van der Waals surface area contributed by atoms with Crippen molar-refractivity contribution in [3.8, 4) is 11.5 Å². The molecule has 0 fully saturated rings. The van der Waals surface area contributed by atoms with Crippen LogP contribution in [-0.4, -0.2) is 39.5 Å². The maximum atomic E-state index is 11.2. The molecule has 0 saturated carbocycles. The van der Waals surface area contributed by atoms with Gasteiger partial charge in [-0.1, -0.05) is 6.07 Å². The van der Waals surface area contributed by atoms with Crippen molar-refractivity contribution in [2.75, 3.05) is 26.0 Å². The minimum atomic E-state index is -3.17. The van der Waals surface area contributed by atoms with Crippen molar-refractivity contribution in [3.05, 3.63) is 23.8 Å². The molecule has 0 heterocycles. The summed E-state index contributed by atoms with van der Waals surface area (Å²) in [6.07, 6.45) is 0. The summed E-state index contributed by atoms with van der Waals surface area (Å²) in [7, 11) is -1.78. The van der Waals surface area contributed by atoms with E-state index in [1.807, 2.05) is 6.92 Å². The van der Waals surface area contributed by atoms with Gasteiger partial charge in [0.05, 0.1) is 12.4 Å². The van der Waals surface area contributed by atoms with Gasteiger partial charge in [-0.2, -0.15) is 0 Å². The molecule has 0 aliphatic heterocycles. The summed E-state index contributed by atoms with van der Waals surface area (Å²) >= 11 is 0. The van der Waals surface area contributed by atoms with Gasteiger partial charge in [0.15, 0.2) is 11.5 Å². The minimum Gasteiger partial charge on any atom is -0.504 e. The maximum absolute atomic E-state index is 11.2. The highest BCUT2D eigenvalue weighted by atomic mass is 32.2. The fourth-order valence-electron chi connectivity index (χ4n) is 1.48. The molecule has 6 nitrogen and oxygen atoms in total. The average Bonchev–Trinajstić information content (AvgIpc) is 2.38. The fraction of sp³-hybridized carbons (Fsp3) is 0.500. The number of hydrogen-bond donors (Lipinski definition) is 3. The van der Waals surface area contributed by atoms with Crippen LogP contribution in [0.1, 0.15) is 12.5 Å². The van der Waals surface area contributed by atoms with Gasteiger partial charge in [-0.15, -0.1) is 0 Å². The van der Waals surface area contributed by atoms with Crippen LogP contribution in [0, 0.1) is 0 Å². The van der Waals surface area contributed by atoms with Crippen molar-refractivity contribution < 1.29 is 18.3 Å². The smallest absolute Gasteiger partial charge is 0.212 e. The first-order valence-corrected chi connectivity index (χ1v) is 7.70. The number of nitrogens with one attached hydrogen (secondary N) is 2. The number of benzene rings is 1. The van der Waals surface area contributed by atoms with Gasteiger partial charge in [0.1, 0.15) is 0 Å². The summed E-state index contributed by atoms with van der Waals surface area (Å²) in [5, 5.41) is 12.6. The lowest BCUT2D eigenvalue weighted by Gasteiger charge is -2.09. The number of hydrogen-bond acceptors (Lipinski definition) is 5. The summed E-state index contributed by atoms with van der Waals surface area (Å²) in [5.41, 5.74) is 0.920. The molecule has 0 aliphatic rings. The molecule has 0 atom stereocenters. The molecule has 1 rings (SSSR count). The highest BCUT2D eigenvalue weighted by Gasteiger charge is 2.06. The molecule has 0 saturated heterocycles. The van der Waals surface area contributed by atoms with Crippen molar-refractivity contribution in [2.24, 2.45) is 0 Å². The van der Waals surface area contributed by atoms with Gasteiger partial charge < -0.3 is 15.2 Å². The number of phenols is 1. The Bertz CT molecular complexity index is 502. The summed E-state index contributed by atoms with van der Waals surface area (Å²) in [5.74, 6) is 0.563. The monoisotopic (exact) mass is 288 g/mol. The number of rotatable bonds is 8. The topological polar surface area (TPSA) is 87.7 Å². The van der Waals surface area contributed by atoms with Crippen molar-refractivity contribution in [3.63, 3.8) is 0 Å². The third-order valence-corrected chi connectivity index (χ3v) is 3.88. The molecule has 3 N–H and O–H groups in total. The van der Waals surface area contributed by atoms with E-state index in [9.17, 15) is 13.5 Å². The van der Waals surface area contributed by atoms with Crippen LogP contribution in [0.15, 0.2) is 18.2 Å². The van der Waals surface area contributed by atoms with Gasteiger partial charge in [0, 0.05) is 13.1 Å². The summed E-state index contributed by atoms with van der Waals surface area (Å²) in [4.78, 5) is 0. The van der Waals surface area contributed by atoms with Gasteiger partial charge >= 0.3 is 0 Å². The minimum absolute atomic E-state index is 0.0277. The average molecular weight is 288 g/mol. The van der Waals surface area contributed by atoms with Crippen molar-refractivity contribution >= 4 is 10.0 Å². The van der Waals surface area contributed by atoms with Crippen molar-refractivity contribution in [1.82, 2.24) is 10.0 Å². The zero-order chi connectivity index (χ0) is 14.3. The van der Waals surface area contributed by atoms with Crippen LogP contribution in [0.2, 0.25) is 0 Å². The van der Waals surface area contributed by atoms with Gasteiger partial charge in [-0.05, 0) is 31.7 Å². The van der Waals surface area contributed by atoms with Crippen LogP contribution in [0.4, 0.5) is 0 Å². The van der Waals surface area contributed by atoms with E-state index >= 15 is 0 Å². The van der Waals surface area contributed by atoms with E-state index in [1.165, 1.54) is 7.05 Å². The van der Waals surface area contributed by atoms with E-state index in [-0.39, 0.29) is 11.5 Å². The number of aromatic hydroxyl groups is 1. The van der Waals surface area contributed by atoms with Crippen LogP contribution in [-0.2, 0) is 16.6 Å². The summed E-state index contributed by atoms with van der Waals surface area (Å²) in [6, 6.07) is 5.06. The standard InChI is InChI=1S/C12H20N2O4S/c1-3-18-12-8-10(4-5-11(12)15)9-14-6-7-19(16,17)13-2/h4-5,8,13-15H,3,6-7,9H2,1-2H3. The quantitative estimate of drug-likeness (QED) is 0.604. The highest BCUT2D eigenvalue weighted by molar-refractivity contribution is 7.89. The Morgan fingerprint density at radius 3 is 2.74 bits per heavy atom.